The van der Waals surface area contributed by atoms with E-state index in [1.54, 1.807) is 0 Å². The van der Waals surface area contributed by atoms with Crippen LogP contribution in [0.25, 0.3) is 0 Å². The molecule has 6 heteroatoms. The van der Waals surface area contributed by atoms with Gasteiger partial charge in [-0.25, -0.2) is 0 Å². The summed E-state index contributed by atoms with van der Waals surface area (Å²) in [6, 6.07) is 9.67. The Morgan fingerprint density at radius 1 is 1.00 bits per heavy atom. The maximum Gasteiger partial charge on any atom is 0.253 e. The second-order valence-electron chi connectivity index (χ2n) is 7.39. The molecule has 27 heavy (non-hydrogen) atoms. The highest BCUT2D eigenvalue weighted by Crippen LogP contribution is 2.16. The Bertz CT molecular complexity index is 815. The monoisotopic (exact) mass is 368 g/mol. The lowest BCUT2D eigenvalue weighted by atomic mass is 10.1. The van der Waals surface area contributed by atoms with Gasteiger partial charge in [-0.2, -0.15) is 0 Å². The van der Waals surface area contributed by atoms with Crippen molar-refractivity contribution in [3.63, 3.8) is 0 Å². The zero-order valence-electron chi connectivity index (χ0n) is 16.6. The van der Waals surface area contributed by atoms with Crippen molar-refractivity contribution in [2.45, 2.75) is 20.3 Å². The fraction of sp³-hybridized carbons (Fsp3) is 0.429. The average molecular weight is 368 g/mol. The van der Waals surface area contributed by atoms with Gasteiger partial charge in [0.25, 0.3) is 5.91 Å². The first-order valence-electron chi connectivity index (χ1n) is 9.34. The number of aromatic nitrogens is 1. The lowest BCUT2D eigenvalue weighted by Gasteiger charge is -2.35. The van der Waals surface area contributed by atoms with E-state index < -0.39 is 0 Å². The van der Waals surface area contributed by atoms with Gasteiger partial charge >= 0.3 is 0 Å². The summed E-state index contributed by atoms with van der Waals surface area (Å²) in [4.78, 5) is 34.2. The van der Waals surface area contributed by atoms with Gasteiger partial charge in [-0.15, -0.1) is 0 Å². The number of H-pyrrole nitrogens is 1. The normalized spacial score (nSPS) is 14.4. The first-order chi connectivity index (χ1) is 12.8. The number of nitrogens with one attached hydrogen (secondary N) is 1. The van der Waals surface area contributed by atoms with E-state index in [0.717, 1.165) is 22.6 Å². The van der Waals surface area contributed by atoms with Crippen LogP contribution in [0.5, 0.6) is 0 Å². The van der Waals surface area contributed by atoms with Gasteiger partial charge in [0.05, 0.1) is 6.42 Å². The Labute approximate surface area is 160 Å². The van der Waals surface area contributed by atoms with Crippen LogP contribution in [0.2, 0.25) is 0 Å². The smallest absolute Gasteiger partial charge is 0.253 e. The molecule has 0 atom stereocenters. The number of amides is 2. The van der Waals surface area contributed by atoms with Crippen LogP contribution < -0.4 is 4.90 Å². The molecule has 1 saturated heterocycles. The second-order valence-corrected chi connectivity index (χ2v) is 7.39. The zero-order chi connectivity index (χ0) is 19.6. The third kappa shape index (κ3) is 4.32. The van der Waals surface area contributed by atoms with E-state index in [1.807, 2.05) is 73.0 Å². The third-order valence-electron chi connectivity index (χ3n) is 5.15. The number of aromatic amines is 1. The number of hydrogen-bond acceptors (Lipinski definition) is 3. The molecule has 144 valence electrons. The van der Waals surface area contributed by atoms with Crippen molar-refractivity contribution >= 4 is 17.5 Å². The fourth-order valence-electron chi connectivity index (χ4n) is 3.48. The first kappa shape index (κ1) is 19.0. The summed E-state index contributed by atoms with van der Waals surface area (Å²) in [5.74, 6) is 0.157. The number of anilines is 1. The molecular weight excluding hydrogens is 340 g/mol. The van der Waals surface area contributed by atoms with Crippen LogP contribution in [-0.4, -0.2) is 66.9 Å². The van der Waals surface area contributed by atoms with Crippen LogP contribution in [0.4, 0.5) is 5.69 Å². The number of aryl methyl sites for hydroxylation is 2. The molecule has 1 N–H and O–H groups in total. The van der Waals surface area contributed by atoms with E-state index in [2.05, 4.69) is 4.98 Å². The van der Waals surface area contributed by atoms with Crippen molar-refractivity contribution in [3.05, 3.63) is 52.8 Å². The predicted octanol–water partition coefficient (Wildman–Crippen LogP) is 2.22. The summed E-state index contributed by atoms with van der Waals surface area (Å²) < 4.78 is 0. The van der Waals surface area contributed by atoms with E-state index >= 15 is 0 Å². The summed E-state index contributed by atoms with van der Waals surface area (Å²) in [5.41, 5.74) is 4.94. The molecule has 3 rings (SSSR count). The Morgan fingerprint density at radius 2 is 1.59 bits per heavy atom. The van der Waals surface area contributed by atoms with Crippen LogP contribution in [0.15, 0.2) is 30.3 Å². The quantitative estimate of drug-likeness (QED) is 0.900. The van der Waals surface area contributed by atoms with E-state index in [-0.39, 0.29) is 11.8 Å². The molecule has 0 saturated carbocycles. The van der Waals surface area contributed by atoms with Crippen molar-refractivity contribution in [2.75, 3.05) is 45.2 Å². The van der Waals surface area contributed by atoms with Gasteiger partial charge in [-0.3, -0.25) is 9.59 Å². The van der Waals surface area contributed by atoms with Gasteiger partial charge in [0.15, 0.2) is 0 Å². The second kappa shape index (κ2) is 7.86. The number of carbonyl (C=O) groups is 2. The largest absolute Gasteiger partial charge is 0.378 e. The molecule has 1 fully saturated rings. The van der Waals surface area contributed by atoms with E-state index in [4.69, 9.17) is 0 Å². The van der Waals surface area contributed by atoms with E-state index in [0.29, 0.717) is 38.2 Å². The van der Waals surface area contributed by atoms with Gasteiger partial charge in [-0.05, 0) is 49.7 Å². The van der Waals surface area contributed by atoms with Crippen molar-refractivity contribution in [1.29, 1.82) is 0 Å². The van der Waals surface area contributed by atoms with Gasteiger partial charge in [0.2, 0.25) is 5.91 Å². The number of nitrogens with zero attached hydrogens (tertiary/aromatic N) is 3. The zero-order valence-corrected chi connectivity index (χ0v) is 16.6. The maximum absolute atomic E-state index is 12.7. The molecule has 0 spiro atoms. The van der Waals surface area contributed by atoms with E-state index in [1.165, 1.54) is 0 Å². The fourth-order valence-corrected chi connectivity index (χ4v) is 3.48. The standard InChI is InChI=1S/C21H28N4O2/c1-15-13-18(16(2)22-15)14-20(26)24-9-11-25(12-10-24)21(27)17-5-7-19(8-6-17)23(3)4/h5-8,13,22H,9-12,14H2,1-4H3. The molecule has 1 aliphatic heterocycles. The van der Waals surface area contributed by atoms with Crippen LogP contribution in [0, 0.1) is 13.8 Å². The number of carbonyl (C=O) groups excluding carboxylic acids is 2. The molecule has 2 aromatic rings. The number of rotatable bonds is 4. The predicted molar refractivity (Wildman–Crippen MR) is 107 cm³/mol. The van der Waals surface area contributed by atoms with Crippen molar-refractivity contribution in [2.24, 2.45) is 0 Å². The minimum absolute atomic E-state index is 0.0320. The molecule has 0 unspecified atom stereocenters. The van der Waals surface area contributed by atoms with Gasteiger partial charge in [0, 0.05) is 62.9 Å². The average Bonchev–Trinajstić information content (AvgIpc) is 2.98. The highest BCUT2D eigenvalue weighted by atomic mass is 16.2. The minimum Gasteiger partial charge on any atom is -0.378 e. The number of hydrogen-bond donors (Lipinski definition) is 1. The molecule has 0 aliphatic carbocycles. The minimum atomic E-state index is 0.0320. The molecule has 2 amide bonds. The molecule has 0 bridgehead atoms. The van der Waals surface area contributed by atoms with Crippen molar-refractivity contribution in [1.82, 2.24) is 14.8 Å². The summed E-state index contributed by atoms with van der Waals surface area (Å²) in [5, 5.41) is 0. The Morgan fingerprint density at radius 3 is 2.11 bits per heavy atom. The Hall–Kier alpha value is -2.76. The van der Waals surface area contributed by atoms with Gasteiger partial charge in [0.1, 0.15) is 0 Å². The molecular formula is C21H28N4O2. The molecule has 6 nitrogen and oxygen atoms in total. The van der Waals surface area contributed by atoms with Crippen LogP contribution in [-0.2, 0) is 11.2 Å². The van der Waals surface area contributed by atoms with E-state index in [9.17, 15) is 9.59 Å². The lowest BCUT2D eigenvalue weighted by Crippen LogP contribution is -2.51. The Kier molecular flexibility index (Phi) is 5.54. The first-order valence-corrected chi connectivity index (χ1v) is 9.34. The molecule has 2 heterocycles. The van der Waals surface area contributed by atoms with Crippen molar-refractivity contribution in [3.8, 4) is 0 Å². The molecule has 1 aromatic heterocycles. The summed E-state index contributed by atoms with van der Waals surface area (Å²) in [7, 11) is 3.95. The van der Waals surface area contributed by atoms with Crippen LogP contribution in [0.3, 0.4) is 0 Å². The summed E-state index contributed by atoms with van der Waals surface area (Å²) in [6.45, 7) is 6.31. The van der Waals surface area contributed by atoms with Crippen LogP contribution >= 0.6 is 0 Å². The lowest BCUT2D eigenvalue weighted by molar-refractivity contribution is -0.131. The number of piperazine rings is 1. The summed E-state index contributed by atoms with van der Waals surface area (Å²) in [6.07, 6.45) is 0.413. The van der Waals surface area contributed by atoms with Gasteiger partial charge in [-0.1, -0.05) is 0 Å². The molecule has 1 aromatic carbocycles. The SMILES string of the molecule is Cc1cc(CC(=O)N2CCN(C(=O)c3ccc(N(C)C)cc3)CC2)c(C)[nH]1. The summed E-state index contributed by atoms with van der Waals surface area (Å²) >= 11 is 0. The molecule has 1 aliphatic rings. The van der Waals surface area contributed by atoms with Gasteiger partial charge < -0.3 is 19.7 Å². The highest BCUT2D eigenvalue weighted by Gasteiger charge is 2.25. The Balaban J connectivity index is 1.55. The third-order valence-corrected chi connectivity index (χ3v) is 5.15. The topological polar surface area (TPSA) is 59.7 Å². The maximum atomic E-state index is 12.7. The van der Waals surface area contributed by atoms with Crippen LogP contribution in [0.1, 0.15) is 27.3 Å². The van der Waals surface area contributed by atoms with Crippen molar-refractivity contribution < 1.29 is 9.59 Å². The molecule has 0 radical (unpaired) electrons. The number of benzene rings is 1. The highest BCUT2D eigenvalue weighted by molar-refractivity contribution is 5.94.